The van der Waals surface area contributed by atoms with Gasteiger partial charge in [0.2, 0.25) is 11.8 Å². The Balaban J connectivity index is 2.05. The minimum Gasteiger partial charge on any atom is -0.324 e. The monoisotopic (exact) mass is 346 g/mol. The van der Waals surface area contributed by atoms with Gasteiger partial charge in [-0.25, -0.2) is 8.78 Å². The van der Waals surface area contributed by atoms with E-state index in [1.54, 1.807) is 0 Å². The Bertz CT molecular complexity index is 786. The molecule has 0 aliphatic rings. The molecular weight excluding hydrogens is 326 g/mol. The minimum atomic E-state index is -0.842. The van der Waals surface area contributed by atoms with Crippen LogP contribution in [-0.2, 0) is 9.59 Å². The van der Waals surface area contributed by atoms with Gasteiger partial charge in [-0.15, -0.1) is 0 Å². The van der Waals surface area contributed by atoms with E-state index in [0.29, 0.717) is 11.8 Å². The number of halogens is 2. The predicted octanol–water partition coefficient (Wildman–Crippen LogP) is 3.96. The second-order valence-electron chi connectivity index (χ2n) is 5.94. The summed E-state index contributed by atoms with van der Waals surface area (Å²) >= 11 is 0. The summed E-state index contributed by atoms with van der Waals surface area (Å²) in [5.74, 6) is -2.20. The fourth-order valence-electron chi connectivity index (χ4n) is 2.59. The lowest BCUT2D eigenvalue weighted by Gasteiger charge is -2.22. The SMILES string of the molecule is CC(=O)N(CCC(=O)Nc1ccc(F)cc1F)c1cc(C)cc(C)c1. The van der Waals surface area contributed by atoms with E-state index < -0.39 is 17.5 Å². The van der Waals surface area contributed by atoms with Crippen LogP contribution < -0.4 is 10.2 Å². The van der Waals surface area contributed by atoms with Crippen LogP contribution in [0.15, 0.2) is 36.4 Å². The average molecular weight is 346 g/mol. The zero-order valence-corrected chi connectivity index (χ0v) is 14.4. The number of anilines is 2. The minimum absolute atomic E-state index is 0.0105. The van der Waals surface area contributed by atoms with Gasteiger partial charge >= 0.3 is 0 Å². The van der Waals surface area contributed by atoms with E-state index in [9.17, 15) is 18.4 Å². The molecule has 0 heterocycles. The molecule has 6 heteroatoms. The highest BCUT2D eigenvalue weighted by Crippen LogP contribution is 2.20. The van der Waals surface area contributed by atoms with E-state index in [-0.39, 0.29) is 24.6 Å². The van der Waals surface area contributed by atoms with Crippen molar-refractivity contribution in [2.24, 2.45) is 0 Å². The summed E-state index contributed by atoms with van der Waals surface area (Å²) in [7, 11) is 0. The van der Waals surface area contributed by atoms with Gasteiger partial charge in [0, 0.05) is 31.6 Å². The summed E-state index contributed by atoms with van der Waals surface area (Å²) in [6.07, 6.45) is -0.0105. The Morgan fingerprint density at radius 1 is 1.04 bits per heavy atom. The third-order valence-corrected chi connectivity index (χ3v) is 3.67. The first-order valence-corrected chi connectivity index (χ1v) is 7.87. The van der Waals surface area contributed by atoms with Crippen LogP contribution in [0.4, 0.5) is 20.2 Å². The van der Waals surface area contributed by atoms with Gasteiger partial charge < -0.3 is 10.2 Å². The summed E-state index contributed by atoms with van der Waals surface area (Å²) in [6, 6.07) is 8.65. The van der Waals surface area contributed by atoms with Crippen LogP contribution in [0.25, 0.3) is 0 Å². The van der Waals surface area contributed by atoms with E-state index in [1.807, 2.05) is 32.0 Å². The van der Waals surface area contributed by atoms with Crippen molar-refractivity contribution in [2.75, 3.05) is 16.8 Å². The predicted molar refractivity (Wildman–Crippen MR) is 93.5 cm³/mol. The zero-order chi connectivity index (χ0) is 18.6. The van der Waals surface area contributed by atoms with Crippen molar-refractivity contribution < 1.29 is 18.4 Å². The number of hydrogen-bond acceptors (Lipinski definition) is 2. The van der Waals surface area contributed by atoms with Crippen LogP contribution in [0.1, 0.15) is 24.5 Å². The van der Waals surface area contributed by atoms with Crippen molar-refractivity contribution in [3.63, 3.8) is 0 Å². The topological polar surface area (TPSA) is 49.4 Å². The quantitative estimate of drug-likeness (QED) is 0.891. The zero-order valence-electron chi connectivity index (χ0n) is 14.4. The van der Waals surface area contributed by atoms with Crippen LogP contribution in [0.2, 0.25) is 0 Å². The van der Waals surface area contributed by atoms with Gasteiger partial charge in [-0.1, -0.05) is 6.07 Å². The highest BCUT2D eigenvalue weighted by molar-refractivity contribution is 5.95. The maximum absolute atomic E-state index is 13.6. The third-order valence-electron chi connectivity index (χ3n) is 3.67. The smallest absolute Gasteiger partial charge is 0.226 e. The van der Waals surface area contributed by atoms with Gasteiger partial charge in [-0.05, 0) is 49.2 Å². The summed E-state index contributed by atoms with van der Waals surface area (Å²) in [5, 5.41) is 2.39. The van der Waals surface area contributed by atoms with Gasteiger partial charge in [-0.3, -0.25) is 9.59 Å². The van der Waals surface area contributed by atoms with Gasteiger partial charge in [0.1, 0.15) is 11.6 Å². The summed E-state index contributed by atoms with van der Waals surface area (Å²) in [6.45, 7) is 5.44. The Morgan fingerprint density at radius 3 is 2.24 bits per heavy atom. The molecule has 0 fully saturated rings. The molecule has 0 bridgehead atoms. The van der Waals surface area contributed by atoms with Crippen molar-refractivity contribution in [3.05, 3.63) is 59.2 Å². The first kappa shape index (κ1) is 18.6. The second kappa shape index (κ2) is 7.88. The molecule has 0 saturated carbocycles. The van der Waals surface area contributed by atoms with Crippen LogP contribution in [0.3, 0.4) is 0 Å². The van der Waals surface area contributed by atoms with Crippen LogP contribution >= 0.6 is 0 Å². The molecule has 132 valence electrons. The number of carbonyl (C=O) groups excluding carboxylic acids is 2. The number of amides is 2. The van der Waals surface area contributed by atoms with Crippen molar-refractivity contribution >= 4 is 23.2 Å². The Hall–Kier alpha value is -2.76. The Kier molecular flexibility index (Phi) is 5.85. The highest BCUT2D eigenvalue weighted by atomic mass is 19.1. The largest absolute Gasteiger partial charge is 0.324 e. The molecule has 25 heavy (non-hydrogen) atoms. The van der Waals surface area contributed by atoms with Crippen molar-refractivity contribution in [3.8, 4) is 0 Å². The van der Waals surface area contributed by atoms with Crippen molar-refractivity contribution in [1.29, 1.82) is 0 Å². The Morgan fingerprint density at radius 2 is 1.68 bits per heavy atom. The molecule has 0 spiro atoms. The van der Waals surface area contributed by atoms with Gasteiger partial charge in [0.25, 0.3) is 0 Å². The molecule has 1 N–H and O–H groups in total. The summed E-state index contributed by atoms with van der Waals surface area (Å²) in [4.78, 5) is 25.5. The Labute approximate surface area is 145 Å². The molecule has 2 aromatic rings. The lowest BCUT2D eigenvalue weighted by atomic mass is 10.1. The number of nitrogens with one attached hydrogen (secondary N) is 1. The number of hydrogen-bond donors (Lipinski definition) is 1. The number of aryl methyl sites for hydroxylation is 2. The van der Waals surface area contributed by atoms with Crippen LogP contribution in [0.5, 0.6) is 0 Å². The van der Waals surface area contributed by atoms with E-state index >= 15 is 0 Å². The standard InChI is InChI=1S/C19H20F2N2O2/c1-12-8-13(2)10-16(9-12)23(14(3)24)7-6-19(25)22-18-5-4-15(20)11-17(18)21/h4-5,8-11H,6-7H2,1-3H3,(H,22,25). The fraction of sp³-hybridized carbons (Fsp3) is 0.263. The van der Waals surface area contributed by atoms with Crippen LogP contribution in [-0.4, -0.2) is 18.4 Å². The lowest BCUT2D eigenvalue weighted by molar-refractivity contribution is -0.117. The van der Waals surface area contributed by atoms with E-state index in [0.717, 1.165) is 23.3 Å². The molecule has 0 saturated heterocycles. The molecule has 0 atom stereocenters. The molecule has 0 aliphatic heterocycles. The maximum Gasteiger partial charge on any atom is 0.226 e. The fourth-order valence-corrected chi connectivity index (χ4v) is 2.59. The van der Waals surface area contributed by atoms with Crippen molar-refractivity contribution in [1.82, 2.24) is 0 Å². The first-order valence-electron chi connectivity index (χ1n) is 7.87. The number of rotatable bonds is 5. The van der Waals surface area contributed by atoms with Gasteiger partial charge in [0.05, 0.1) is 5.69 Å². The highest BCUT2D eigenvalue weighted by Gasteiger charge is 2.15. The molecule has 0 aromatic heterocycles. The summed E-state index contributed by atoms with van der Waals surface area (Å²) in [5.41, 5.74) is 2.65. The number of benzene rings is 2. The second-order valence-corrected chi connectivity index (χ2v) is 5.94. The third kappa shape index (κ3) is 5.11. The lowest BCUT2D eigenvalue weighted by Crippen LogP contribution is -2.32. The number of nitrogens with zero attached hydrogens (tertiary/aromatic N) is 1. The average Bonchev–Trinajstić information content (AvgIpc) is 2.49. The molecule has 2 amide bonds. The molecule has 2 aromatic carbocycles. The molecule has 4 nitrogen and oxygen atoms in total. The maximum atomic E-state index is 13.6. The molecule has 0 radical (unpaired) electrons. The molecule has 0 unspecified atom stereocenters. The first-order chi connectivity index (χ1) is 11.8. The van der Waals surface area contributed by atoms with Crippen LogP contribution in [0, 0.1) is 25.5 Å². The van der Waals surface area contributed by atoms with E-state index in [2.05, 4.69) is 5.32 Å². The molecular formula is C19H20F2N2O2. The normalized spacial score (nSPS) is 10.4. The number of carbonyl (C=O) groups is 2. The molecule has 2 rings (SSSR count). The van der Waals surface area contributed by atoms with Gasteiger partial charge in [0.15, 0.2) is 0 Å². The van der Waals surface area contributed by atoms with E-state index in [4.69, 9.17) is 0 Å². The van der Waals surface area contributed by atoms with Crippen molar-refractivity contribution in [2.45, 2.75) is 27.2 Å². The summed E-state index contributed by atoms with van der Waals surface area (Å²) < 4.78 is 26.5. The molecule has 0 aliphatic carbocycles. The van der Waals surface area contributed by atoms with Gasteiger partial charge in [-0.2, -0.15) is 0 Å². The van der Waals surface area contributed by atoms with E-state index in [1.165, 1.54) is 11.8 Å².